The van der Waals surface area contributed by atoms with Crippen LogP contribution in [0.15, 0.2) is 18.2 Å². The number of aliphatic hydroxyl groups is 1. The molecule has 1 atom stereocenters. The van der Waals surface area contributed by atoms with E-state index in [0.717, 1.165) is 17.7 Å². The molecule has 0 bridgehead atoms. The fourth-order valence-corrected chi connectivity index (χ4v) is 2.56. The van der Waals surface area contributed by atoms with Gasteiger partial charge in [0, 0.05) is 18.5 Å². The van der Waals surface area contributed by atoms with Crippen LogP contribution in [-0.2, 0) is 11.2 Å². The molecular weight excluding hydrogens is 246 g/mol. The summed E-state index contributed by atoms with van der Waals surface area (Å²) in [6, 6.07) is 5.29. The van der Waals surface area contributed by atoms with E-state index in [0.29, 0.717) is 31.9 Å². The van der Waals surface area contributed by atoms with Gasteiger partial charge in [0.25, 0.3) is 5.91 Å². The molecule has 2 aliphatic rings. The smallest absolute Gasteiger partial charge is 0.254 e. The molecular formula is C14H17NO4. The average molecular weight is 263 g/mol. The van der Waals surface area contributed by atoms with Gasteiger partial charge in [-0.15, -0.1) is 0 Å². The van der Waals surface area contributed by atoms with Gasteiger partial charge >= 0.3 is 0 Å². The van der Waals surface area contributed by atoms with Gasteiger partial charge < -0.3 is 19.5 Å². The maximum absolute atomic E-state index is 12.5. The van der Waals surface area contributed by atoms with E-state index in [1.807, 2.05) is 12.1 Å². The topological polar surface area (TPSA) is 59.0 Å². The van der Waals surface area contributed by atoms with Crippen LogP contribution in [0, 0.1) is 0 Å². The third-order valence-corrected chi connectivity index (χ3v) is 3.64. The Morgan fingerprint density at radius 1 is 1.42 bits per heavy atom. The largest absolute Gasteiger partial charge is 0.493 e. The molecule has 1 unspecified atom stereocenters. The summed E-state index contributed by atoms with van der Waals surface area (Å²) >= 11 is 0. The highest BCUT2D eigenvalue weighted by Crippen LogP contribution is 2.26. The highest BCUT2D eigenvalue weighted by Gasteiger charge is 2.28. The fraction of sp³-hybridized carbons (Fsp3) is 0.500. The van der Waals surface area contributed by atoms with Gasteiger partial charge in [-0.05, 0) is 23.8 Å². The maximum atomic E-state index is 12.5. The summed E-state index contributed by atoms with van der Waals surface area (Å²) in [5.74, 6) is 0.828. The molecule has 2 heterocycles. The van der Waals surface area contributed by atoms with Crippen LogP contribution in [-0.4, -0.2) is 54.9 Å². The van der Waals surface area contributed by atoms with Crippen LogP contribution in [0.1, 0.15) is 15.9 Å². The minimum absolute atomic E-state index is 0.0444. The molecule has 1 saturated heterocycles. The number of carbonyl (C=O) groups excluding carboxylic acids is 1. The van der Waals surface area contributed by atoms with E-state index < -0.39 is 0 Å². The summed E-state index contributed by atoms with van der Waals surface area (Å²) in [5, 5.41) is 9.32. The second kappa shape index (κ2) is 5.19. The average Bonchev–Trinajstić information content (AvgIpc) is 2.93. The first kappa shape index (κ1) is 12.4. The molecule has 0 aromatic heterocycles. The van der Waals surface area contributed by atoms with Crippen molar-refractivity contribution in [1.29, 1.82) is 0 Å². The third-order valence-electron chi connectivity index (χ3n) is 3.64. The highest BCUT2D eigenvalue weighted by atomic mass is 16.5. The van der Waals surface area contributed by atoms with E-state index in [4.69, 9.17) is 9.47 Å². The Labute approximate surface area is 111 Å². The molecule has 1 amide bonds. The van der Waals surface area contributed by atoms with Crippen molar-refractivity contribution in [2.45, 2.75) is 12.5 Å². The molecule has 2 aliphatic heterocycles. The van der Waals surface area contributed by atoms with Crippen LogP contribution in [0.2, 0.25) is 0 Å². The monoisotopic (exact) mass is 263 g/mol. The lowest BCUT2D eigenvalue weighted by molar-refractivity contribution is -0.0183. The lowest BCUT2D eigenvalue weighted by Gasteiger charge is -2.34. The Morgan fingerprint density at radius 3 is 3.16 bits per heavy atom. The van der Waals surface area contributed by atoms with Crippen molar-refractivity contribution in [3.63, 3.8) is 0 Å². The van der Waals surface area contributed by atoms with E-state index in [9.17, 15) is 9.90 Å². The predicted molar refractivity (Wildman–Crippen MR) is 68.4 cm³/mol. The van der Waals surface area contributed by atoms with E-state index >= 15 is 0 Å². The molecule has 1 aromatic rings. The maximum Gasteiger partial charge on any atom is 0.254 e. The van der Waals surface area contributed by atoms with Crippen LogP contribution in [0.4, 0.5) is 0 Å². The van der Waals surface area contributed by atoms with Crippen LogP contribution >= 0.6 is 0 Å². The lowest BCUT2D eigenvalue weighted by Crippen LogP contribution is -2.50. The van der Waals surface area contributed by atoms with Gasteiger partial charge in [0.1, 0.15) is 5.75 Å². The summed E-state index contributed by atoms with van der Waals surface area (Å²) in [5.41, 5.74) is 1.74. The second-order valence-corrected chi connectivity index (χ2v) is 4.83. The summed E-state index contributed by atoms with van der Waals surface area (Å²) in [6.45, 7) is 2.06. The Balaban J connectivity index is 1.82. The number of fused-ring (bicyclic) bond motifs is 1. The van der Waals surface area contributed by atoms with Gasteiger partial charge in [0.2, 0.25) is 0 Å². The van der Waals surface area contributed by atoms with Gasteiger partial charge in [-0.3, -0.25) is 4.79 Å². The first-order valence-electron chi connectivity index (χ1n) is 6.55. The first-order valence-corrected chi connectivity index (χ1v) is 6.55. The number of hydrogen-bond acceptors (Lipinski definition) is 4. The summed E-state index contributed by atoms with van der Waals surface area (Å²) < 4.78 is 10.7. The molecule has 102 valence electrons. The van der Waals surface area contributed by atoms with Crippen molar-refractivity contribution in [1.82, 2.24) is 4.90 Å². The van der Waals surface area contributed by atoms with E-state index in [-0.39, 0.29) is 18.6 Å². The Hall–Kier alpha value is -1.59. The van der Waals surface area contributed by atoms with Gasteiger partial charge in [-0.2, -0.15) is 0 Å². The molecule has 0 radical (unpaired) electrons. The summed E-state index contributed by atoms with van der Waals surface area (Å²) in [6.07, 6.45) is 0.850. The zero-order valence-electron chi connectivity index (χ0n) is 10.7. The Bertz CT molecular complexity index is 488. The number of morpholine rings is 1. The van der Waals surface area contributed by atoms with Crippen LogP contribution in [0.3, 0.4) is 0 Å². The number of ether oxygens (including phenoxy) is 2. The number of amides is 1. The van der Waals surface area contributed by atoms with Crippen LogP contribution in [0.25, 0.3) is 0 Å². The number of aliphatic hydroxyl groups excluding tert-OH is 1. The third kappa shape index (κ3) is 2.31. The van der Waals surface area contributed by atoms with Gasteiger partial charge in [0.15, 0.2) is 0 Å². The molecule has 1 aromatic carbocycles. The van der Waals surface area contributed by atoms with Crippen molar-refractivity contribution in [3.05, 3.63) is 29.3 Å². The number of hydrogen-bond donors (Lipinski definition) is 1. The van der Waals surface area contributed by atoms with Crippen LogP contribution in [0.5, 0.6) is 5.75 Å². The molecule has 1 N–H and O–H groups in total. The van der Waals surface area contributed by atoms with Crippen LogP contribution < -0.4 is 4.74 Å². The van der Waals surface area contributed by atoms with E-state index in [1.54, 1.807) is 11.0 Å². The number of benzene rings is 1. The van der Waals surface area contributed by atoms with Crippen molar-refractivity contribution in [3.8, 4) is 5.75 Å². The van der Waals surface area contributed by atoms with Gasteiger partial charge in [-0.25, -0.2) is 0 Å². The summed E-state index contributed by atoms with van der Waals surface area (Å²) in [4.78, 5) is 14.2. The van der Waals surface area contributed by atoms with Gasteiger partial charge in [-0.1, -0.05) is 0 Å². The molecule has 0 saturated carbocycles. The van der Waals surface area contributed by atoms with Gasteiger partial charge in [0.05, 0.1) is 32.5 Å². The lowest BCUT2D eigenvalue weighted by atomic mass is 10.1. The minimum atomic E-state index is -0.245. The Kier molecular flexibility index (Phi) is 3.40. The highest BCUT2D eigenvalue weighted by molar-refractivity contribution is 5.95. The molecule has 1 fully saturated rings. The van der Waals surface area contributed by atoms with Crippen molar-refractivity contribution < 1.29 is 19.4 Å². The fourth-order valence-electron chi connectivity index (χ4n) is 2.56. The quantitative estimate of drug-likeness (QED) is 0.842. The molecule has 3 rings (SSSR count). The van der Waals surface area contributed by atoms with E-state index in [2.05, 4.69) is 0 Å². The standard InChI is InChI=1S/C14H17NO4/c16-8-12-9-18-6-4-15(12)14(17)11-1-2-13-10(7-11)3-5-19-13/h1-2,7,12,16H,3-6,8-9H2. The molecule has 5 heteroatoms. The Morgan fingerprint density at radius 2 is 2.32 bits per heavy atom. The number of carbonyl (C=O) groups is 1. The molecule has 0 spiro atoms. The zero-order chi connectivity index (χ0) is 13.2. The first-order chi connectivity index (χ1) is 9.29. The van der Waals surface area contributed by atoms with Crippen molar-refractivity contribution in [2.75, 3.05) is 33.0 Å². The number of rotatable bonds is 2. The predicted octanol–water partition coefficient (Wildman–Crippen LogP) is 0.455. The van der Waals surface area contributed by atoms with E-state index in [1.165, 1.54) is 0 Å². The normalized spacial score (nSPS) is 21.9. The second-order valence-electron chi connectivity index (χ2n) is 4.83. The minimum Gasteiger partial charge on any atom is -0.493 e. The van der Waals surface area contributed by atoms with Crippen molar-refractivity contribution in [2.24, 2.45) is 0 Å². The molecule has 5 nitrogen and oxygen atoms in total. The molecule has 19 heavy (non-hydrogen) atoms. The number of nitrogens with zero attached hydrogens (tertiary/aromatic N) is 1. The summed E-state index contributed by atoms with van der Waals surface area (Å²) in [7, 11) is 0. The zero-order valence-corrected chi connectivity index (χ0v) is 10.7. The van der Waals surface area contributed by atoms with Crippen molar-refractivity contribution >= 4 is 5.91 Å². The SMILES string of the molecule is O=C(c1ccc2c(c1)CCO2)N1CCOCC1CO. The molecule has 0 aliphatic carbocycles.